The number of hydrogen-bond donors (Lipinski definition) is 2. The van der Waals surface area contributed by atoms with Crippen LogP contribution in [0.25, 0.3) is 0 Å². The van der Waals surface area contributed by atoms with Crippen molar-refractivity contribution in [2.45, 2.75) is 38.5 Å². The van der Waals surface area contributed by atoms with Gasteiger partial charge in [0.05, 0.1) is 0 Å². The molecular formula is C13H28N2O. The van der Waals surface area contributed by atoms with Gasteiger partial charge in [-0.05, 0) is 58.3 Å². The van der Waals surface area contributed by atoms with Gasteiger partial charge in [0.2, 0.25) is 0 Å². The van der Waals surface area contributed by atoms with Crippen molar-refractivity contribution in [3.05, 3.63) is 0 Å². The standard InChI is InChI=1S/C13H28N2O/c1-15(10-4-2-3-5-11-16)12-13-6-8-14-9-7-13/h13-14,16H,2-12H2,1H3. The third kappa shape index (κ3) is 6.46. The highest BCUT2D eigenvalue weighted by atomic mass is 16.2. The predicted octanol–water partition coefficient (Wildman–Crippen LogP) is 1.47. The van der Waals surface area contributed by atoms with Crippen LogP contribution in [0.4, 0.5) is 0 Å². The van der Waals surface area contributed by atoms with Crippen LogP contribution in [-0.2, 0) is 0 Å². The molecule has 1 fully saturated rings. The van der Waals surface area contributed by atoms with E-state index in [1.54, 1.807) is 0 Å². The number of aliphatic hydroxyl groups excluding tert-OH is 1. The van der Waals surface area contributed by atoms with Gasteiger partial charge in [0.1, 0.15) is 0 Å². The predicted molar refractivity (Wildman–Crippen MR) is 68.6 cm³/mol. The lowest BCUT2D eigenvalue weighted by Crippen LogP contribution is -2.34. The van der Waals surface area contributed by atoms with Crippen molar-refractivity contribution in [1.29, 1.82) is 0 Å². The van der Waals surface area contributed by atoms with Crippen LogP contribution in [0.1, 0.15) is 38.5 Å². The maximum Gasteiger partial charge on any atom is 0.0431 e. The normalized spacial score (nSPS) is 18.2. The van der Waals surface area contributed by atoms with E-state index >= 15 is 0 Å². The zero-order chi connectivity index (χ0) is 11.6. The Hall–Kier alpha value is -0.120. The smallest absolute Gasteiger partial charge is 0.0431 e. The van der Waals surface area contributed by atoms with Crippen LogP contribution in [0.3, 0.4) is 0 Å². The van der Waals surface area contributed by atoms with E-state index in [1.807, 2.05) is 0 Å². The van der Waals surface area contributed by atoms with Gasteiger partial charge in [0, 0.05) is 13.2 Å². The van der Waals surface area contributed by atoms with E-state index < -0.39 is 0 Å². The van der Waals surface area contributed by atoms with Crippen LogP contribution in [0.5, 0.6) is 0 Å². The molecule has 0 aromatic heterocycles. The third-order valence-corrected chi connectivity index (χ3v) is 3.48. The highest BCUT2D eigenvalue weighted by Crippen LogP contribution is 2.13. The highest BCUT2D eigenvalue weighted by molar-refractivity contribution is 4.71. The summed E-state index contributed by atoms with van der Waals surface area (Å²) in [5.41, 5.74) is 0. The maximum absolute atomic E-state index is 8.67. The van der Waals surface area contributed by atoms with E-state index in [4.69, 9.17) is 5.11 Å². The largest absolute Gasteiger partial charge is 0.396 e. The van der Waals surface area contributed by atoms with E-state index in [-0.39, 0.29) is 0 Å². The topological polar surface area (TPSA) is 35.5 Å². The number of nitrogens with one attached hydrogen (secondary N) is 1. The molecule has 16 heavy (non-hydrogen) atoms. The van der Waals surface area contributed by atoms with Crippen LogP contribution in [0, 0.1) is 5.92 Å². The average Bonchev–Trinajstić information content (AvgIpc) is 2.30. The van der Waals surface area contributed by atoms with Crippen LogP contribution in [-0.4, -0.2) is 49.8 Å². The molecular weight excluding hydrogens is 200 g/mol. The van der Waals surface area contributed by atoms with Gasteiger partial charge in [-0.2, -0.15) is 0 Å². The Bertz CT molecular complexity index is 158. The number of rotatable bonds is 8. The van der Waals surface area contributed by atoms with Gasteiger partial charge in [0.25, 0.3) is 0 Å². The van der Waals surface area contributed by atoms with E-state index in [0.29, 0.717) is 6.61 Å². The molecule has 2 N–H and O–H groups in total. The van der Waals surface area contributed by atoms with Crippen molar-refractivity contribution in [2.24, 2.45) is 5.92 Å². The summed E-state index contributed by atoms with van der Waals surface area (Å²) >= 11 is 0. The molecule has 0 aliphatic carbocycles. The molecule has 1 rings (SSSR count). The van der Waals surface area contributed by atoms with Crippen LogP contribution in [0.2, 0.25) is 0 Å². The summed E-state index contributed by atoms with van der Waals surface area (Å²) in [4.78, 5) is 2.48. The Morgan fingerprint density at radius 1 is 1.12 bits per heavy atom. The van der Waals surface area contributed by atoms with Crippen molar-refractivity contribution in [3.8, 4) is 0 Å². The first-order valence-electron chi connectivity index (χ1n) is 6.83. The zero-order valence-electron chi connectivity index (χ0n) is 10.7. The van der Waals surface area contributed by atoms with Crippen molar-refractivity contribution in [3.63, 3.8) is 0 Å². The molecule has 0 saturated carbocycles. The fraction of sp³-hybridized carbons (Fsp3) is 1.00. The quantitative estimate of drug-likeness (QED) is 0.618. The van der Waals surface area contributed by atoms with Crippen LogP contribution >= 0.6 is 0 Å². The molecule has 1 heterocycles. The number of piperidine rings is 1. The molecule has 0 unspecified atom stereocenters. The van der Waals surface area contributed by atoms with Gasteiger partial charge in [-0.3, -0.25) is 0 Å². The minimum atomic E-state index is 0.352. The summed E-state index contributed by atoms with van der Waals surface area (Å²) in [6.45, 7) is 5.24. The molecule has 1 aliphatic rings. The molecule has 0 radical (unpaired) electrons. The SMILES string of the molecule is CN(CCCCCCO)CC1CCNCC1. The molecule has 3 heteroatoms. The van der Waals surface area contributed by atoms with E-state index in [1.165, 1.54) is 58.3 Å². The van der Waals surface area contributed by atoms with E-state index in [0.717, 1.165) is 12.3 Å². The summed E-state index contributed by atoms with van der Waals surface area (Å²) in [5.74, 6) is 0.906. The molecule has 1 aliphatic heterocycles. The molecule has 0 spiro atoms. The molecule has 0 atom stereocenters. The second-order valence-corrected chi connectivity index (χ2v) is 5.09. The number of nitrogens with zero attached hydrogens (tertiary/aromatic N) is 1. The van der Waals surface area contributed by atoms with E-state index in [9.17, 15) is 0 Å². The van der Waals surface area contributed by atoms with Crippen molar-refractivity contribution >= 4 is 0 Å². The lowest BCUT2D eigenvalue weighted by Gasteiger charge is -2.27. The lowest BCUT2D eigenvalue weighted by molar-refractivity contribution is 0.234. The highest BCUT2D eigenvalue weighted by Gasteiger charge is 2.14. The molecule has 0 amide bonds. The number of unbranched alkanes of at least 4 members (excludes halogenated alkanes) is 3. The summed E-state index contributed by atoms with van der Waals surface area (Å²) in [5, 5.41) is 12.1. The lowest BCUT2D eigenvalue weighted by atomic mass is 9.97. The van der Waals surface area contributed by atoms with Crippen LogP contribution < -0.4 is 5.32 Å². The second-order valence-electron chi connectivity index (χ2n) is 5.09. The minimum Gasteiger partial charge on any atom is -0.396 e. The Balaban J connectivity index is 1.95. The number of aliphatic hydroxyl groups is 1. The third-order valence-electron chi connectivity index (χ3n) is 3.48. The fourth-order valence-corrected chi connectivity index (χ4v) is 2.44. The van der Waals surface area contributed by atoms with Gasteiger partial charge < -0.3 is 15.3 Å². The molecule has 96 valence electrons. The van der Waals surface area contributed by atoms with E-state index in [2.05, 4.69) is 17.3 Å². The van der Waals surface area contributed by atoms with Gasteiger partial charge in [-0.1, -0.05) is 12.8 Å². The molecule has 0 aromatic carbocycles. The Kier molecular flexibility index (Phi) is 7.81. The molecule has 1 saturated heterocycles. The summed E-state index contributed by atoms with van der Waals surface area (Å²) in [6, 6.07) is 0. The van der Waals surface area contributed by atoms with Crippen LogP contribution in [0.15, 0.2) is 0 Å². The summed E-state index contributed by atoms with van der Waals surface area (Å²) < 4.78 is 0. The van der Waals surface area contributed by atoms with Gasteiger partial charge in [0.15, 0.2) is 0 Å². The summed E-state index contributed by atoms with van der Waals surface area (Å²) in [6.07, 6.45) is 7.37. The second kappa shape index (κ2) is 8.97. The fourth-order valence-electron chi connectivity index (χ4n) is 2.44. The van der Waals surface area contributed by atoms with Gasteiger partial charge >= 0.3 is 0 Å². The minimum absolute atomic E-state index is 0.352. The van der Waals surface area contributed by atoms with Crippen molar-refractivity contribution in [1.82, 2.24) is 10.2 Å². The molecule has 0 bridgehead atoms. The first-order valence-corrected chi connectivity index (χ1v) is 6.83. The monoisotopic (exact) mass is 228 g/mol. The van der Waals surface area contributed by atoms with Gasteiger partial charge in [-0.25, -0.2) is 0 Å². The average molecular weight is 228 g/mol. The molecule has 3 nitrogen and oxygen atoms in total. The Morgan fingerprint density at radius 2 is 1.81 bits per heavy atom. The first-order chi connectivity index (χ1) is 7.83. The Labute approximate surface area is 100 Å². The van der Waals surface area contributed by atoms with Crippen molar-refractivity contribution < 1.29 is 5.11 Å². The van der Waals surface area contributed by atoms with Gasteiger partial charge in [-0.15, -0.1) is 0 Å². The Morgan fingerprint density at radius 3 is 2.50 bits per heavy atom. The first kappa shape index (κ1) is 13.9. The maximum atomic E-state index is 8.67. The summed E-state index contributed by atoms with van der Waals surface area (Å²) in [7, 11) is 2.24. The van der Waals surface area contributed by atoms with Crippen molar-refractivity contribution in [2.75, 3.05) is 39.8 Å². The molecule has 0 aromatic rings. The zero-order valence-corrected chi connectivity index (χ0v) is 10.7. The number of hydrogen-bond acceptors (Lipinski definition) is 3.